The number of fused-ring (bicyclic) bond motifs is 3. The van der Waals surface area contributed by atoms with Crippen LogP contribution in [0.4, 0.5) is 10.5 Å². The van der Waals surface area contributed by atoms with Gasteiger partial charge in [-0.15, -0.1) is 0 Å². The summed E-state index contributed by atoms with van der Waals surface area (Å²) < 4.78 is 0. The normalized spacial score (nSPS) is 15.8. The van der Waals surface area contributed by atoms with Gasteiger partial charge in [0.05, 0.1) is 6.04 Å². The first-order chi connectivity index (χ1) is 14.6. The highest BCUT2D eigenvalue weighted by Gasteiger charge is 2.34. The summed E-state index contributed by atoms with van der Waals surface area (Å²) in [6.45, 7) is 2.70. The number of rotatable bonds is 2. The Bertz CT molecular complexity index is 1210. The molecule has 0 spiro atoms. The van der Waals surface area contributed by atoms with E-state index in [4.69, 9.17) is 11.6 Å². The fourth-order valence-corrected chi connectivity index (χ4v) is 4.46. The van der Waals surface area contributed by atoms with E-state index in [0.717, 1.165) is 39.3 Å². The molecule has 2 N–H and O–H groups in total. The molecule has 30 heavy (non-hydrogen) atoms. The monoisotopic (exact) mass is 415 g/mol. The van der Waals surface area contributed by atoms with Gasteiger partial charge in [-0.2, -0.15) is 0 Å². The molecular weight excluding hydrogens is 394 g/mol. The third kappa shape index (κ3) is 3.33. The molecule has 5 rings (SSSR count). The minimum absolute atomic E-state index is 0.103. The van der Waals surface area contributed by atoms with Crippen LogP contribution in [0.2, 0.25) is 5.02 Å². The van der Waals surface area contributed by atoms with Gasteiger partial charge in [-0.05, 0) is 54.8 Å². The Morgan fingerprint density at radius 1 is 1.07 bits per heavy atom. The largest absolute Gasteiger partial charge is 0.356 e. The second-order valence-electron chi connectivity index (χ2n) is 7.76. The van der Waals surface area contributed by atoms with Crippen molar-refractivity contribution in [1.29, 1.82) is 0 Å². The van der Waals surface area contributed by atoms with E-state index in [9.17, 15) is 4.79 Å². The molecule has 0 saturated carbocycles. The molecule has 4 aromatic rings. The van der Waals surface area contributed by atoms with Gasteiger partial charge in [-0.25, -0.2) is 4.79 Å². The van der Waals surface area contributed by atoms with Crippen LogP contribution in [0.3, 0.4) is 0 Å². The number of para-hydroxylation sites is 1. The minimum Gasteiger partial charge on any atom is -0.356 e. The average molecular weight is 416 g/mol. The molecule has 2 amide bonds. The highest BCUT2D eigenvalue weighted by molar-refractivity contribution is 6.31. The van der Waals surface area contributed by atoms with Crippen LogP contribution in [-0.4, -0.2) is 22.5 Å². The summed E-state index contributed by atoms with van der Waals surface area (Å²) in [6, 6.07) is 23.6. The average Bonchev–Trinajstić information content (AvgIpc) is 3.12. The van der Waals surface area contributed by atoms with Crippen molar-refractivity contribution in [3.8, 4) is 0 Å². The number of H-pyrrole nitrogens is 1. The van der Waals surface area contributed by atoms with Crippen LogP contribution in [0.25, 0.3) is 10.9 Å². The van der Waals surface area contributed by atoms with Gasteiger partial charge in [0.1, 0.15) is 0 Å². The first-order valence-electron chi connectivity index (χ1n) is 10.1. The Morgan fingerprint density at radius 3 is 2.60 bits per heavy atom. The predicted molar refractivity (Wildman–Crippen MR) is 122 cm³/mol. The number of aromatic nitrogens is 1. The number of carbonyl (C=O) groups is 1. The zero-order chi connectivity index (χ0) is 20.7. The number of hydrogen-bond acceptors (Lipinski definition) is 1. The summed E-state index contributed by atoms with van der Waals surface area (Å²) >= 11 is 6.27. The van der Waals surface area contributed by atoms with Gasteiger partial charge in [0.2, 0.25) is 0 Å². The van der Waals surface area contributed by atoms with Crippen LogP contribution in [0.5, 0.6) is 0 Å². The minimum atomic E-state index is -0.191. The Hall–Kier alpha value is -3.24. The van der Waals surface area contributed by atoms with E-state index < -0.39 is 0 Å². The molecule has 150 valence electrons. The molecule has 0 fully saturated rings. The zero-order valence-electron chi connectivity index (χ0n) is 16.7. The van der Waals surface area contributed by atoms with Crippen molar-refractivity contribution in [1.82, 2.24) is 9.88 Å². The van der Waals surface area contributed by atoms with Crippen LogP contribution in [0, 0.1) is 6.92 Å². The maximum absolute atomic E-state index is 13.3. The molecule has 1 unspecified atom stereocenters. The van der Waals surface area contributed by atoms with Crippen molar-refractivity contribution < 1.29 is 4.79 Å². The van der Waals surface area contributed by atoms with Crippen molar-refractivity contribution in [2.75, 3.05) is 11.9 Å². The van der Waals surface area contributed by atoms with Crippen LogP contribution < -0.4 is 5.32 Å². The molecule has 0 bridgehead atoms. The number of aryl methyl sites for hydroxylation is 1. The highest BCUT2D eigenvalue weighted by atomic mass is 35.5. The maximum atomic E-state index is 13.3. The fraction of sp³-hybridized carbons (Fsp3) is 0.160. The molecule has 0 radical (unpaired) electrons. The summed E-state index contributed by atoms with van der Waals surface area (Å²) in [5.74, 6) is 0. The van der Waals surface area contributed by atoms with Gasteiger partial charge in [0, 0.05) is 33.9 Å². The van der Waals surface area contributed by atoms with Gasteiger partial charge in [0.15, 0.2) is 0 Å². The van der Waals surface area contributed by atoms with Crippen molar-refractivity contribution >= 4 is 34.2 Å². The van der Waals surface area contributed by atoms with Gasteiger partial charge in [-0.3, -0.25) is 0 Å². The van der Waals surface area contributed by atoms with Gasteiger partial charge in [0.25, 0.3) is 0 Å². The molecular formula is C25H22ClN3O. The Balaban J connectivity index is 1.60. The maximum Gasteiger partial charge on any atom is 0.322 e. The number of urea groups is 1. The summed E-state index contributed by atoms with van der Waals surface area (Å²) in [6.07, 6.45) is 0.778. The number of nitrogens with zero attached hydrogens (tertiary/aromatic N) is 1. The lowest BCUT2D eigenvalue weighted by Crippen LogP contribution is -2.43. The molecule has 0 saturated heterocycles. The lowest BCUT2D eigenvalue weighted by molar-refractivity contribution is 0.193. The molecule has 1 aromatic heterocycles. The number of anilines is 1. The standard InChI is InChI=1S/C25H22ClN3O/c1-16-7-9-17(10-8-16)24-23-20(21-15-18(26)11-12-22(21)28-23)13-14-29(24)25(30)27-19-5-3-2-4-6-19/h2-12,15,24,28H,13-14H2,1H3,(H,27,30). The highest BCUT2D eigenvalue weighted by Crippen LogP contribution is 2.39. The van der Waals surface area contributed by atoms with Crippen molar-refractivity contribution in [2.45, 2.75) is 19.4 Å². The number of halogens is 1. The van der Waals surface area contributed by atoms with E-state index in [1.165, 1.54) is 11.1 Å². The first-order valence-corrected chi connectivity index (χ1v) is 10.5. The SMILES string of the molecule is Cc1ccc(C2c3[nH]c4ccc(Cl)cc4c3CCN2C(=O)Nc2ccccc2)cc1. The third-order valence-electron chi connectivity index (χ3n) is 5.77. The van der Waals surface area contributed by atoms with Crippen molar-refractivity contribution in [2.24, 2.45) is 0 Å². The molecule has 3 aromatic carbocycles. The number of aromatic amines is 1. The van der Waals surface area contributed by atoms with Gasteiger partial charge in [-0.1, -0.05) is 59.6 Å². The second-order valence-corrected chi connectivity index (χ2v) is 8.20. The van der Waals surface area contributed by atoms with E-state index in [1.54, 1.807) is 0 Å². The number of nitrogens with one attached hydrogen (secondary N) is 2. The number of benzene rings is 3. The van der Waals surface area contributed by atoms with E-state index >= 15 is 0 Å². The number of hydrogen-bond donors (Lipinski definition) is 2. The van der Waals surface area contributed by atoms with Crippen LogP contribution >= 0.6 is 11.6 Å². The zero-order valence-corrected chi connectivity index (χ0v) is 17.4. The summed E-state index contributed by atoms with van der Waals surface area (Å²) in [4.78, 5) is 18.8. The number of amides is 2. The molecule has 1 aliphatic heterocycles. The Morgan fingerprint density at radius 2 is 1.83 bits per heavy atom. The van der Waals surface area contributed by atoms with E-state index in [1.807, 2.05) is 53.4 Å². The topological polar surface area (TPSA) is 48.1 Å². The Kier molecular flexibility index (Phi) is 4.72. The Labute approximate surface area is 180 Å². The lowest BCUT2D eigenvalue weighted by atomic mass is 9.92. The quantitative estimate of drug-likeness (QED) is 0.396. The molecule has 1 aliphatic rings. The van der Waals surface area contributed by atoms with Crippen molar-refractivity contribution in [3.05, 3.63) is 100 Å². The molecule has 2 heterocycles. The number of carbonyl (C=O) groups excluding carboxylic acids is 1. The lowest BCUT2D eigenvalue weighted by Gasteiger charge is -2.36. The van der Waals surface area contributed by atoms with Crippen molar-refractivity contribution in [3.63, 3.8) is 0 Å². The molecule has 0 aliphatic carbocycles. The smallest absolute Gasteiger partial charge is 0.322 e. The summed E-state index contributed by atoms with van der Waals surface area (Å²) in [5, 5.41) is 4.91. The van der Waals surface area contributed by atoms with Crippen LogP contribution in [0.1, 0.15) is 28.4 Å². The third-order valence-corrected chi connectivity index (χ3v) is 6.00. The van der Waals surface area contributed by atoms with Crippen LogP contribution in [0.15, 0.2) is 72.8 Å². The predicted octanol–water partition coefficient (Wildman–Crippen LogP) is 6.31. The molecule has 4 nitrogen and oxygen atoms in total. The van der Waals surface area contributed by atoms with Crippen LogP contribution in [-0.2, 0) is 6.42 Å². The fourth-order valence-electron chi connectivity index (χ4n) is 4.29. The van der Waals surface area contributed by atoms with E-state index in [2.05, 4.69) is 41.5 Å². The van der Waals surface area contributed by atoms with Gasteiger partial charge < -0.3 is 15.2 Å². The second kappa shape index (κ2) is 7.54. The molecule has 5 heteroatoms. The molecule has 1 atom stereocenters. The first kappa shape index (κ1) is 18.8. The van der Waals surface area contributed by atoms with E-state index in [-0.39, 0.29) is 12.1 Å². The summed E-state index contributed by atoms with van der Waals surface area (Å²) in [7, 11) is 0. The summed E-state index contributed by atoms with van der Waals surface area (Å²) in [5.41, 5.74) is 6.42. The van der Waals surface area contributed by atoms with Gasteiger partial charge >= 0.3 is 6.03 Å². The van der Waals surface area contributed by atoms with E-state index in [0.29, 0.717) is 6.54 Å².